The predicted octanol–water partition coefficient (Wildman–Crippen LogP) is 5.67. The number of hydrogen-bond donors (Lipinski definition) is 0. The number of benzene rings is 3. The molecule has 0 aliphatic carbocycles. The molecule has 4 rings (SSSR count). The van der Waals surface area contributed by atoms with Gasteiger partial charge in [-0.2, -0.15) is 0 Å². The first kappa shape index (κ1) is 16.8. The van der Waals surface area contributed by atoms with Gasteiger partial charge in [0.2, 0.25) is 0 Å². The zero-order valence-corrected chi connectivity index (χ0v) is 15.4. The van der Waals surface area contributed by atoms with Crippen LogP contribution in [0.4, 0.5) is 0 Å². The van der Waals surface area contributed by atoms with Crippen LogP contribution < -0.4 is 5.56 Å². The molecule has 0 fully saturated rings. The molecule has 26 heavy (non-hydrogen) atoms. The Balaban J connectivity index is 2.16. The maximum Gasteiger partial charge on any atom is 0.266 e. The molecule has 0 radical (unpaired) electrons. The van der Waals surface area contributed by atoms with Crippen LogP contribution in [0, 0.1) is 6.92 Å². The van der Waals surface area contributed by atoms with Crippen molar-refractivity contribution in [1.29, 1.82) is 0 Å². The Kier molecular flexibility index (Phi) is 4.27. The maximum absolute atomic E-state index is 13.3. The molecule has 0 amide bonds. The van der Waals surface area contributed by atoms with Crippen LogP contribution in [0.25, 0.3) is 28.0 Å². The fourth-order valence-electron chi connectivity index (χ4n) is 3.02. The molecule has 3 nitrogen and oxygen atoms in total. The van der Waals surface area contributed by atoms with Gasteiger partial charge in [0.05, 0.1) is 21.6 Å². The second kappa shape index (κ2) is 6.60. The minimum absolute atomic E-state index is 0.133. The average molecular weight is 381 g/mol. The molecule has 128 valence electrons. The lowest BCUT2D eigenvalue weighted by molar-refractivity contribution is 0.965. The van der Waals surface area contributed by atoms with E-state index in [1.165, 1.54) is 0 Å². The van der Waals surface area contributed by atoms with Crippen LogP contribution in [0.2, 0.25) is 10.0 Å². The fourth-order valence-corrected chi connectivity index (χ4v) is 3.52. The Hall–Kier alpha value is -2.62. The molecule has 0 N–H and O–H groups in total. The van der Waals surface area contributed by atoms with E-state index >= 15 is 0 Å². The molecule has 0 aliphatic heterocycles. The van der Waals surface area contributed by atoms with Crippen molar-refractivity contribution in [2.75, 3.05) is 0 Å². The Morgan fingerprint density at radius 1 is 0.923 bits per heavy atom. The van der Waals surface area contributed by atoms with E-state index in [0.717, 1.165) is 11.3 Å². The van der Waals surface area contributed by atoms with Crippen LogP contribution in [0.3, 0.4) is 0 Å². The Morgan fingerprint density at radius 2 is 1.65 bits per heavy atom. The monoisotopic (exact) mass is 380 g/mol. The summed E-state index contributed by atoms with van der Waals surface area (Å²) in [6, 6.07) is 20.2. The zero-order chi connectivity index (χ0) is 18.3. The second-order valence-electron chi connectivity index (χ2n) is 6.00. The molecular weight excluding hydrogens is 367 g/mol. The van der Waals surface area contributed by atoms with E-state index in [2.05, 4.69) is 0 Å². The minimum atomic E-state index is -0.133. The summed E-state index contributed by atoms with van der Waals surface area (Å²) in [5, 5.41) is 1.54. The summed E-state index contributed by atoms with van der Waals surface area (Å²) in [4.78, 5) is 18.1. The van der Waals surface area contributed by atoms with E-state index in [4.69, 9.17) is 28.2 Å². The molecule has 1 aromatic heterocycles. The van der Waals surface area contributed by atoms with Gasteiger partial charge in [-0.1, -0.05) is 53.5 Å². The molecule has 0 unspecified atom stereocenters. The van der Waals surface area contributed by atoms with Crippen LogP contribution in [0.1, 0.15) is 5.56 Å². The molecule has 0 bridgehead atoms. The number of para-hydroxylation sites is 2. The highest BCUT2D eigenvalue weighted by Gasteiger charge is 2.17. The van der Waals surface area contributed by atoms with Gasteiger partial charge in [-0.3, -0.25) is 9.36 Å². The van der Waals surface area contributed by atoms with E-state index in [0.29, 0.717) is 32.3 Å². The minimum Gasteiger partial charge on any atom is -0.268 e. The van der Waals surface area contributed by atoms with Gasteiger partial charge in [0, 0.05) is 10.6 Å². The highest BCUT2D eigenvalue weighted by atomic mass is 35.5. The number of nitrogens with zero attached hydrogens (tertiary/aromatic N) is 2. The third-order valence-electron chi connectivity index (χ3n) is 4.30. The van der Waals surface area contributed by atoms with Crippen LogP contribution in [0.15, 0.2) is 71.5 Å². The van der Waals surface area contributed by atoms with Gasteiger partial charge in [0.25, 0.3) is 5.56 Å². The molecule has 4 aromatic rings. The molecule has 0 aliphatic rings. The van der Waals surface area contributed by atoms with Crippen molar-refractivity contribution < 1.29 is 0 Å². The summed E-state index contributed by atoms with van der Waals surface area (Å²) in [7, 11) is 0. The highest BCUT2D eigenvalue weighted by Crippen LogP contribution is 2.31. The average Bonchev–Trinajstić information content (AvgIpc) is 2.63. The van der Waals surface area contributed by atoms with Gasteiger partial charge in [-0.05, 0) is 48.9 Å². The van der Waals surface area contributed by atoms with Crippen molar-refractivity contribution >= 4 is 34.1 Å². The lowest BCUT2D eigenvalue weighted by Gasteiger charge is -2.16. The van der Waals surface area contributed by atoms with E-state index in [-0.39, 0.29) is 5.56 Å². The first-order valence-electron chi connectivity index (χ1n) is 8.09. The Labute approximate surface area is 160 Å². The Morgan fingerprint density at radius 3 is 2.42 bits per heavy atom. The number of rotatable bonds is 2. The largest absolute Gasteiger partial charge is 0.268 e. The number of hydrogen-bond acceptors (Lipinski definition) is 2. The quantitative estimate of drug-likeness (QED) is 0.449. The zero-order valence-electron chi connectivity index (χ0n) is 13.9. The molecule has 0 atom stereocenters. The van der Waals surface area contributed by atoms with E-state index in [1.54, 1.807) is 28.8 Å². The maximum atomic E-state index is 13.3. The molecule has 1 heterocycles. The van der Waals surface area contributed by atoms with Crippen LogP contribution in [-0.4, -0.2) is 9.55 Å². The summed E-state index contributed by atoms with van der Waals surface area (Å²) < 4.78 is 1.62. The van der Waals surface area contributed by atoms with Crippen LogP contribution in [0.5, 0.6) is 0 Å². The van der Waals surface area contributed by atoms with Gasteiger partial charge in [0.15, 0.2) is 0 Å². The number of aromatic nitrogens is 2. The summed E-state index contributed by atoms with van der Waals surface area (Å²) in [6.45, 7) is 1.96. The predicted molar refractivity (Wildman–Crippen MR) is 108 cm³/mol. The first-order chi connectivity index (χ1) is 12.6. The number of aryl methyl sites for hydroxylation is 1. The standard InChI is InChI=1S/C21H14Cl2N2O/c1-13-6-2-5-9-19(13)25-20(15-11-10-14(22)12-17(15)23)24-18-8-4-3-7-16(18)21(25)26/h2-12H,1H3. The summed E-state index contributed by atoms with van der Waals surface area (Å²) in [5.41, 5.74) is 2.89. The summed E-state index contributed by atoms with van der Waals surface area (Å²) in [5.74, 6) is 0.490. The van der Waals surface area contributed by atoms with Crippen molar-refractivity contribution in [2.45, 2.75) is 6.92 Å². The molecule has 0 saturated heterocycles. The SMILES string of the molecule is Cc1ccccc1-n1c(-c2ccc(Cl)cc2Cl)nc2ccccc2c1=O. The normalized spacial score (nSPS) is 11.0. The van der Waals surface area contributed by atoms with Gasteiger partial charge in [0.1, 0.15) is 5.82 Å². The van der Waals surface area contributed by atoms with Crippen LogP contribution >= 0.6 is 23.2 Å². The molecule has 5 heteroatoms. The lowest BCUT2D eigenvalue weighted by atomic mass is 10.1. The van der Waals surface area contributed by atoms with E-state index < -0.39 is 0 Å². The topological polar surface area (TPSA) is 34.9 Å². The van der Waals surface area contributed by atoms with Gasteiger partial charge < -0.3 is 0 Å². The van der Waals surface area contributed by atoms with Crippen molar-refractivity contribution in [1.82, 2.24) is 9.55 Å². The van der Waals surface area contributed by atoms with E-state index in [1.807, 2.05) is 49.4 Å². The molecule has 3 aromatic carbocycles. The first-order valence-corrected chi connectivity index (χ1v) is 8.85. The second-order valence-corrected chi connectivity index (χ2v) is 6.85. The molecular formula is C21H14Cl2N2O. The van der Waals surface area contributed by atoms with Crippen molar-refractivity contribution in [3.05, 3.63) is 92.7 Å². The van der Waals surface area contributed by atoms with Gasteiger partial charge in [-0.25, -0.2) is 4.98 Å². The number of fused-ring (bicyclic) bond motifs is 1. The summed E-state index contributed by atoms with van der Waals surface area (Å²) >= 11 is 12.5. The van der Waals surface area contributed by atoms with E-state index in [9.17, 15) is 4.79 Å². The third kappa shape index (κ3) is 2.79. The Bertz CT molecular complexity index is 1200. The van der Waals surface area contributed by atoms with Crippen molar-refractivity contribution in [3.63, 3.8) is 0 Å². The fraction of sp³-hybridized carbons (Fsp3) is 0.0476. The lowest BCUT2D eigenvalue weighted by Crippen LogP contribution is -2.22. The molecule has 0 saturated carbocycles. The molecule has 0 spiro atoms. The highest BCUT2D eigenvalue weighted by molar-refractivity contribution is 6.36. The van der Waals surface area contributed by atoms with Gasteiger partial charge >= 0.3 is 0 Å². The smallest absolute Gasteiger partial charge is 0.266 e. The van der Waals surface area contributed by atoms with Gasteiger partial charge in [-0.15, -0.1) is 0 Å². The van der Waals surface area contributed by atoms with Crippen LogP contribution in [-0.2, 0) is 0 Å². The van der Waals surface area contributed by atoms with Crippen molar-refractivity contribution in [2.24, 2.45) is 0 Å². The summed E-state index contributed by atoms with van der Waals surface area (Å²) in [6.07, 6.45) is 0. The third-order valence-corrected chi connectivity index (χ3v) is 4.85. The van der Waals surface area contributed by atoms with Crippen molar-refractivity contribution in [3.8, 4) is 17.1 Å². The number of halogens is 2.